The highest BCUT2D eigenvalue weighted by Crippen LogP contribution is 2.38. The Morgan fingerprint density at radius 1 is 1.16 bits per heavy atom. The van der Waals surface area contributed by atoms with Crippen molar-refractivity contribution in [3.05, 3.63) is 16.9 Å². The third-order valence-electron chi connectivity index (χ3n) is 6.96. The molecule has 1 saturated heterocycles. The number of hydrogen-bond donors (Lipinski definition) is 2. The predicted octanol–water partition coefficient (Wildman–Crippen LogP) is 4.49. The predicted molar refractivity (Wildman–Crippen MR) is 123 cm³/mol. The Hall–Kier alpha value is -2.13. The van der Waals surface area contributed by atoms with Gasteiger partial charge in [-0.1, -0.05) is 11.6 Å². The third-order valence-corrected chi connectivity index (χ3v) is 7.24. The largest absolute Gasteiger partial charge is 0.475 e. The fourth-order valence-corrected chi connectivity index (χ4v) is 5.26. The van der Waals surface area contributed by atoms with Crippen LogP contribution in [0.5, 0.6) is 5.88 Å². The lowest BCUT2D eigenvalue weighted by molar-refractivity contribution is 0.151. The molecule has 2 aromatic rings. The summed E-state index contributed by atoms with van der Waals surface area (Å²) < 4.78 is 21.8. The molecular weight excluding hydrogens is 433 g/mol. The van der Waals surface area contributed by atoms with Gasteiger partial charge in [0.15, 0.2) is 5.82 Å². The summed E-state index contributed by atoms with van der Waals surface area (Å²) in [6.45, 7) is 6.14. The Labute approximate surface area is 192 Å². The summed E-state index contributed by atoms with van der Waals surface area (Å²) >= 11 is 6.27. The van der Waals surface area contributed by atoms with Crippen LogP contribution in [0.15, 0.2) is 6.20 Å². The van der Waals surface area contributed by atoms with Crippen molar-refractivity contribution in [1.29, 1.82) is 0 Å². The van der Waals surface area contributed by atoms with E-state index in [1.54, 1.807) is 6.20 Å². The topological polar surface area (TPSA) is 80.1 Å². The van der Waals surface area contributed by atoms with E-state index in [2.05, 4.69) is 44.0 Å². The molecule has 2 aliphatic heterocycles. The maximum Gasteiger partial charge on any atom is 0.257 e. The van der Waals surface area contributed by atoms with Crippen molar-refractivity contribution >= 4 is 29.1 Å². The van der Waals surface area contributed by atoms with E-state index >= 15 is 0 Å². The van der Waals surface area contributed by atoms with Crippen molar-refractivity contribution in [2.75, 3.05) is 30.3 Å². The number of alkyl halides is 1. The van der Waals surface area contributed by atoms with Gasteiger partial charge >= 0.3 is 0 Å². The fourth-order valence-electron chi connectivity index (χ4n) is 5.11. The summed E-state index contributed by atoms with van der Waals surface area (Å²) in [5.74, 6) is 1.65. The van der Waals surface area contributed by atoms with Crippen LogP contribution in [0.2, 0.25) is 5.02 Å². The Morgan fingerprint density at radius 3 is 2.69 bits per heavy atom. The van der Waals surface area contributed by atoms with Gasteiger partial charge in [-0.15, -0.1) is 5.10 Å². The zero-order valence-electron chi connectivity index (χ0n) is 18.7. The minimum absolute atomic E-state index is 0.143. The van der Waals surface area contributed by atoms with E-state index in [9.17, 15) is 4.39 Å². The van der Waals surface area contributed by atoms with E-state index in [-0.39, 0.29) is 6.04 Å². The monoisotopic (exact) mass is 463 g/mol. The highest BCUT2D eigenvalue weighted by molar-refractivity contribution is 6.32. The molecular formula is C22H31ClFN7O. The van der Waals surface area contributed by atoms with Crippen molar-refractivity contribution in [2.24, 2.45) is 0 Å². The molecule has 2 bridgehead atoms. The normalized spacial score (nSPS) is 28.8. The molecule has 0 radical (unpaired) electrons. The molecule has 4 heterocycles. The number of fused-ring (bicyclic) bond motifs is 3. The molecule has 10 heteroatoms. The fraction of sp³-hybridized carbons (Fsp3) is 0.682. The first-order valence-electron chi connectivity index (χ1n) is 11.6. The van der Waals surface area contributed by atoms with E-state index in [4.69, 9.17) is 21.4 Å². The van der Waals surface area contributed by atoms with Crippen LogP contribution in [0.25, 0.3) is 0 Å². The molecule has 1 aliphatic carbocycles. The highest BCUT2D eigenvalue weighted by Gasteiger charge is 2.33. The van der Waals surface area contributed by atoms with Crippen molar-refractivity contribution in [1.82, 2.24) is 24.6 Å². The van der Waals surface area contributed by atoms with Crippen LogP contribution >= 0.6 is 11.6 Å². The zero-order valence-corrected chi connectivity index (χ0v) is 19.4. The molecule has 2 unspecified atom stereocenters. The molecule has 3 aliphatic rings. The Balaban J connectivity index is 1.36. The molecule has 2 atom stereocenters. The van der Waals surface area contributed by atoms with Crippen molar-refractivity contribution in [3.8, 4) is 5.88 Å². The lowest BCUT2D eigenvalue weighted by Gasteiger charge is -2.34. The van der Waals surface area contributed by atoms with Gasteiger partial charge in [0.05, 0.1) is 24.5 Å². The third kappa shape index (κ3) is 4.37. The van der Waals surface area contributed by atoms with Crippen LogP contribution in [-0.2, 0) is 0 Å². The van der Waals surface area contributed by atoms with Gasteiger partial charge in [-0.25, -0.2) is 9.37 Å². The van der Waals surface area contributed by atoms with Gasteiger partial charge in [-0.2, -0.15) is 4.98 Å². The summed E-state index contributed by atoms with van der Waals surface area (Å²) in [5.41, 5.74) is 1.81. The van der Waals surface area contributed by atoms with Gasteiger partial charge in [0.25, 0.3) is 5.88 Å². The average molecular weight is 464 g/mol. The molecule has 0 aromatic carbocycles. The van der Waals surface area contributed by atoms with E-state index < -0.39 is 6.17 Å². The highest BCUT2D eigenvalue weighted by atomic mass is 35.5. The molecule has 0 amide bonds. The van der Waals surface area contributed by atoms with Gasteiger partial charge in [0.1, 0.15) is 16.9 Å². The molecule has 2 N–H and O–H groups in total. The smallest absolute Gasteiger partial charge is 0.257 e. The number of aromatic nitrogens is 4. The quantitative estimate of drug-likeness (QED) is 0.679. The molecule has 0 spiro atoms. The molecule has 2 fully saturated rings. The maximum atomic E-state index is 13.6. The van der Waals surface area contributed by atoms with Crippen molar-refractivity contribution in [2.45, 2.75) is 76.7 Å². The Morgan fingerprint density at radius 2 is 1.94 bits per heavy atom. The van der Waals surface area contributed by atoms with E-state index in [0.29, 0.717) is 54.3 Å². The zero-order chi connectivity index (χ0) is 22.2. The minimum atomic E-state index is -0.658. The maximum absolute atomic E-state index is 13.6. The van der Waals surface area contributed by atoms with Gasteiger partial charge in [-0.05, 0) is 46.0 Å². The number of likely N-dealkylation sites (tertiary alicyclic amines) is 1. The summed E-state index contributed by atoms with van der Waals surface area (Å²) in [4.78, 5) is 11.2. The molecule has 5 rings (SSSR count). The molecule has 2 aromatic heterocycles. The van der Waals surface area contributed by atoms with E-state index in [1.807, 2.05) is 0 Å². The number of halogens is 2. The lowest BCUT2D eigenvalue weighted by Crippen LogP contribution is -2.37. The van der Waals surface area contributed by atoms with Gasteiger partial charge < -0.3 is 15.4 Å². The van der Waals surface area contributed by atoms with Gasteiger partial charge in [0, 0.05) is 31.6 Å². The molecule has 174 valence electrons. The van der Waals surface area contributed by atoms with Gasteiger partial charge in [-0.3, -0.25) is 9.58 Å². The number of nitrogens with zero attached hydrogens (tertiary/aromatic N) is 5. The average Bonchev–Trinajstić information content (AvgIpc) is 3.34. The number of ether oxygens (including phenoxy) is 1. The second-order valence-electron chi connectivity index (χ2n) is 9.25. The first-order valence-corrected chi connectivity index (χ1v) is 12.0. The Bertz CT molecular complexity index is 962. The second-order valence-corrected chi connectivity index (χ2v) is 9.66. The summed E-state index contributed by atoms with van der Waals surface area (Å²) in [6.07, 6.45) is 6.62. The molecule has 8 nitrogen and oxygen atoms in total. The second kappa shape index (κ2) is 9.02. The van der Waals surface area contributed by atoms with Gasteiger partial charge in [0.2, 0.25) is 5.95 Å². The minimum Gasteiger partial charge on any atom is -0.475 e. The number of nitrogens with one attached hydrogen (secondary N) is 2. The van der Waals surface area contributed by atoms with Crippen molar-refractivity contribution in [3.63, 3.8) is 0 Å². The Kier molecular flexibility index (Phi) is 6.11. The first kappa shape index (κ1) is 21.7. The number of rotatable bonds is 2. The SMILES string of the molecule is Cc1c2c(nn1C1CCC(N3CCC(F)C3)CC1)OCCC(C)Nc1nc(ncc1Cl)N2. The molecule has 1 saturated carbocycles. The number of hydrogen-bond acceptors (Lipinski definition) is 7. The summed E-state index contributed by atoms with van der Waals surface area (Å²) in [7, 11) is 0. The van der Waals surface area contributed by atoms with Crippen LogP contribution in [-0.4, -0.2) is 62.6 Å². The first-order chi connectivity index (χ1) is 15.5. The van der Waals surface area contributed by atoms with E-state index in [0.717, 1.165) is 50.0 Å². The number of anilines is 3. The summed E-state index contributed by atoms with van der Waals surface area (Å²) in [5, 5.41) is 12.0. The molecule has 32 heavy (non-hydrogen) atoms. The summed E-state index contributed by atoms with van der Waals surface area (Å²) in [6, 6.07) is 0.941. The van der Waals surface area contributed by atoms with Crippen LogP contribution in [0.1, 0.15) is 57.2 Å². The lowest BCUT2D eigenvalue weighted by atomic mass is 9.90. The van der Waals surface area contributed by atoms with Crippen LogP contribution < -0.4 is 15.4 Å². The van der Waals surface area contributed by atoms with E-state index in [1.165, 1.54) is 0 Å². The standard InChI is InChI=1S/C22H31ClFN7O/c1-13-8-10-32-21-19(27-22-25-11-18(23)20(26-13)28-22)14(2)31(29-21)17-5-3-16(4-6-17)30-9-7-15(24)12-30/h11,13,15-17H,3-10,12H2,1-2H3,(H2,25,26,27,28). The van der Waals surface area contributed by atoms with Crippen LogP contribution in [0, 0.1) is 6.92 Å². The van der Waals surface area contributed by atoms with Crippen LogP contribution in [0.3, 0.4) is 0 Å². The van der Waals surface area contributed by atoms with Crippen LogP contribution in [0.4, 0.5) is 21.8 Å². The van der Waals surface area contributed by atoms with Crippen molar-refractivity contribution < 1.29 is 9.13 Å².